The number of hydrogen-bond donors (Lipinski definition) is 0. The molecule has 1 aliphatic carbocycles. The molecule has 0 heterocycles. The fourth-order valence-corrected chi connectivity index (χ4v) is 3.02. The topological polar surface area (TPSA) is 17.1 Å². The van der Waals surface area contributed by atoms with Gasteiger partial charge >= 0.3 is 0 Å². The zero-order valence-electron chi connectivity index (χ0n) is 11.0. The van der Waals surface area contributed by atoms with Crippen molar-refractivity contribution < 1.29 is 9.18 Å². The number of ketones is 1. The third-order valence-corrected chi connectivity index (χ3v) is 4.28. The number of benzene rings is 2. The molecule has 1 nitrogen and oxygen atoms in total. The van der Waals surface area contributed by atoms with E-state index in [1.54, 1.807) is 12.1 Å². The average Bonchev–Trinajstić information content (AvgIpc) is 2.89. The summed E-state index contributed by atoms with van der Waals surface area (Å²) in [5.74, 6) is -0.366. The van der Waals surface area contributed by atoms with Gasteiger partial charge in [-0.1, -0.05) is 34.1 Å². The lowest BCUT2D eigenvalue weighted by atomic mass is 9.99. The molecule has 2 aromatic rings. The highest BCUT2D eigenvalue weighted by atomic mass is 79.9. The van der Waals surface area contributed by atoms with Gasteiger partial charge in [-0.05, 0) is 54.2 Å². The Morgan fingerprint density at radius 1 is 1.10 bits per heavy atom. The van der Waals surface area contributed by atoms with Crippen LogP contribution in [0.5, 0.6) is 0 Å². The van der Waals surface area contributed by atoms with Crippen molar-refractivity contribution in [2.75, 3.05) is 0 Å². The second-order valence-electron chi connectivity index (χ2n) is 5.17. The maximum atomic E-state index is 13.8. The summed E-state index contributed by atoms with van der Waals surface area (Å²) in [6, 6.07) is 10.7. The van der Waals surface area contributed by atoms with Gasteiger partial charge in [0.25, 0.3) is 0 Å². The lowest BCUT2D eigenvalue weighted by Crippen LogP contribution is -2.06. The van der Waals surface area contributed by atoms with Crippen LogP contribution < -0.4 is 0 Å². The predicted molar refractivity (Wildman–Crippen MR) is 80.6 cm³/mol. The molecule has 0 spiro atoms. The smallest absolute Gasteiger partial charge is 0.167 e. The molecule has 2 aromatic carbocycles. The molecule has 0 aromatic heterocycles. The van der Waals surface area contributed by atoms with Gasteiger partial charge in [0.1, 0.15) is 5.82 Å². The molecule has 0 unspecified atom stereocenters. The summed E-state index contributed by atoms with van der Waals surface area (Å²) in [4.78, 5) is 12.3. The highest BCUT2D eigenvalue weighted by Crippen LogP contribution is 2.24. The van der Waals surface area contributed by atoms with E-state index in [-0.39, 0.29) is 18.0 Å². The minimum absolute atomic E-state index is 0.0269. The van der Waals surface area contributed by atoms with Gasteiger partial charge < -0.3 is 0 Å². The first-order chi connectivity index (χ1) is 9.63. The molecule has 0 bridgehead atoms. The van der Waals surface area contributed by atoms with Crippen LogP contribution >= 0.6 is 15.9 Å². The van der Waals surface area contributed by atoms with Gasteiger partial charge in [-0.15, -0.1) is 0 Å². The van der Waals surface area contributed by atoms with Gasteiger partial charge in [-0.25, -0.2) is 4.39 Å². The first kappa shape index (κ1) is 13.5. The molecule has 0 aliphatic heterocycles. The van der Waals surface area contributed by atoms with Gasteiger partial charge in [0.05, 0.1) is 0 Å². The first-order valence-corrected chi connectivity index (χ1v) is 7.52. The molecule has 3 heteroatoms. The number of Topliss-reactive ketones (excluding diaryl/α,β-unsaturated/α-hetero) is 1. The summed E-state index contributed by atoms with van der Waals surface area (Å²) in [6.45, 7) is 0. The second kappa shape index (κ2) is 5.49. The van der Waals surface area contributed by atoms with E-state index < -0.39 is 0 Å². The van der Waals surface area contributed by atoms with Crippen LogP contribution in [0, 0.1) is 5.82 Å². The Morgan fingerprint density at radius 3 is 2.70 bits per heavy atom. The van der Waals surface area contributed by atoms with Gasteiger partial charge in [-0.2, -0.15) is 0 Å². The van der Waals surface area contributed by atoms with Crippen LogP contribution in [0.1, 0.15) is 33.5 Å². The first-order valence-electron chi connectivity index (χ1n) is 6.72. The number of hydrogen-bond acceptors (Lipinski definition) is 1. The quantitative estimate of drug-likeness (QED) is 0.756. The minimum atomic E-state index is -0.339. The largest absolute Gasteiger partial charge is 0.294 e. The summed E-state index contributed by atoms with van der Waals surface area (Å²) < 4.78 is 14.4. The van der Waals surface area contributed by atoms with Gasteiger partial charge in [0, 0.05) is 16.5 Å². The Kier molecular flexibility index (Phi) is 3.70. The monoisotopic (exact) mass is 332 g/mol. The Morgan fingerprint density at radius 2 is 1.90 bits per heavy atom. The molecule has 0 saturated heterocycles. The fraction of sp³-hybridized carbons (Fsp3) is 0.235. The van der Waals surface area contributed by atoms with E-state index in [0.717, 1.165) is 19.3 Å². The zero-order chi connectivity index (χ0) is 14.1. The van der Waals surface area contributed by atoms with E-state index in [9.17, 15) is 9.18 Å². The molecular formula is C17H14BrFO. The van der Waals surface area contributed by atoms with Crippen molar-refractivity contribution in [3.8, 4) is 0 Å². The van der Waals surface area contributed by atoms with Crippen LogP contribution in [0.15, 0.2) is 40.9 Å². The normalized spacial score (nSPS) is 13.3. The molecule has 102 valence electrons. The molecule has 0 fully saturated rings. The third kappa shape index (κ3) is 2.68. The number of carbonyl (C=O) groups is 1. The molecular weight excluding hydrogens is 319 g/mol. The van der Waals surface area contributed by atoms with E-state index in [1.807, 2.05) is 18.2 Å². The number of aryl methyl sites for hydroxylation is 2. The SMILES string of the molecule is O=C(Cc1ccc(Br)cc1F)c1ccc2c(c1)CCC2. The molecule has 20 heavy (non-hydrogen) atoms. The van der Waals surface area contributed by atoms with Crippen LogP contribution in [0.3, 0.4) is 0 Å². The Hall–Kier alpha value is -1.48. The molecule has 0 radical (unpaired) electrons. The lowest BCUT2D eigenvalue weighted by Gasteiger charge is -2.06. The van der Waals surface area contributed by atoms with E-state index >= 15 is 0 Å². The van der Waals surface area contributed by atoms with Gasteiger partial charge in [0.2, 0.25) is 0 Å². The van der Waals surface area contributed by atoms with Crippen molar-refractivity contribution in [3.05, 3.63) is 68.9 Å². The molecule has 0 saturated carbocycles. The third-order valence-electron chi connectivity index (χ3n) is 3.79. The van der Waals surface area contributed by atoms with Crippen molar-refractivity contribution in [3.63, 3.8) is 0 Å². The Balaban J connectivity index is 1.82. The van der Waals surface area contributed by atoms with Crippen molar-refractivity contribution in [2.45, 2.75) is 25.7 Å². The zero-order valence-corrected chi connectivity index (χ0v) is 12.5. The van der Waals surface area contributed by atoms with Crippen LogP contribution in [0.25, 0.3) is 0 Å². The summed E-state index contributed by atoms with van der Waals surface area (Å²) >= 11 is 3.22. The van der Waals surface area contributed by atoms with Crippen LogP contribution in [0.4, 0.5) is 4.39 Å². The van der Waals surface area contributed by atoms with Crippen molar-refractivity contribution in [1.82, 2.24) is 0 Å². The summed E-state index contributed by atoms with van der Waals surface area (Å²) in [5.41, 5.74) is 3.75. The molecule has 3 rings (SSSR count). The number of rotatable bonds is 3. The standard InChI is InChI=1S/C17H14BrFO/c18-15-7-6-13(16(19)10-15)9-17(20)14-5-4-11-2-1-3-12(11)8-14/h4-8,10H,1-3,9H2. The second-order valence-corrected chi connectivity index (χ2v) is 6.09. The molecule has 0 amide bonds. The summed E-state index contributed by atoms with van der Waals surface area (Å²) in [5, 5.41) is 0. The molecule has 1 aliphatic rings. The van der Waals surface area contributed by atoms with Crippen molar-refractivity contribution in [1.29, 1.82) is 0 Å². The van der Waals surface area contributed by atoms with Crippen LogP contribution in [0.2, 0.25) is 0 Å². The Bertz CT molecular complexity index is 679. The van der Waals surface area contributed by atoms with E-state index in [1.165, 1.54) is 17.2 Å². The van der Waals surface area contributed by atoms with Crippen molar-refractivity contribution >= 4 is 21.7 Å². The summed E-state index contributed by atoms with van der Waals surface area (Å²) in [7, 11) is 0. The van der Waals surface area contributed by atoms with Crippen LogP contribution in [-0.4, -0.2) is 5.78 Å². The maximum Gasteiger partial charge on any atom is 0.167 e. The highest BCUT2D eigenvalue weighted by Gasteiger charge is 2.15. The van der Waals surface area contributed by atoms with E-state index in [4.69, 9.17) is 0 Å². The van der Waals surface area contributed by atoms with E-state index in [0.29, 0.717) is 15.6 Å². The number of carbonyl (C=O) groups excluding carboxylic acids is 1. The average molecular weight is 333 g/mol. The Labute approximate surface area is 126 Å². The maximum absolute atomic E-state index is 13.8. The van der Waals surface area contributed by atoms with Crippen LogP contribution in [-0.2, 0) is 19.3 Å². The molecule has 0 atom stereocenters. The number of fused-ring (bicyclic) bond motifs is 1. The fourth-order valence-electron chi connectivity index (χ4n) is 2.69. The van der Waals surface area contributed by atoms with E-state index in [2.05, 4.69) is 15.9 Å². The molecule has 0 N–H and O–H groups in total. The van der Waals surface area contributed by atoms with Gasteiger partial charge in [-0.3, -0.25) is 4.79 Å². The lowest BCUT2D eigenvalue weighted by molar-refractivity contribution is 0.0991. The van der Waals surface area contributed by atoms with Gasteiger partial charge in [0.15, 0.2) is 5.78 Å². The highest BCUT2D eigenvalue weighted by molar-refractivity contribution is 9.10. The number of halogens is 2. The predicted octanol–water partition coefficient (Wildman–Crippen LogP) is 4.50. The van der Waals surface area contributed by atoms with Crippen molar-refractivity contribution in [2.24, 2.45) is 0 Å². The summed E-state index contributed by atoms with van der Waals surface area (Å²) in [6.07, 6.45) is 3.42. The minimum Gasteiger partial charge on any atom is -0.294 e.